The fourth-order valence-corrected chi connectivity index (χ4v) is 4.22. The second kappa shape index (κ2) is 14.5. The van der Waals surface area contributed by atoms with Crippen molar-refractivity contribution in [1.82, 2.24) is 0 Å². The van der Waals surface area contributed by atoms with E-state index < -0.39 is 56.1 Å². The fraction of sp³-hybridized carbons (Fsp3) is 0.481. The van der Waals surface area contributed by atoms with E-state index >= 15 is 0 Å². The summed E-state index contributed by atoms with van der Waals surface area (Å²) in [6, 6.07) is 7.46. The number of rotatable bonds is 13. The lowest BCUT2D eigenvalue weighted by molar-refractivity contribution is -0.318. The van der Waals surface area contributed by atoms with Gasteiger partial charge in [0.1, 0.15) is 30.5 Å². The van der Waals surface area contributed by atoms with Crippen molar-refractivity contribution in [1.29, 1.82) is 0 Å². The predicted molar refractivity (Wildman–Crippen MR) is 139 cm³/mol. The second-order valence-corrected chi connectivity index (χ2v) is 8.86. The lowest BCUT2D eigenvalue weighted by Gasteiger charge is -2.41. The maximum Gasteiger partial charge on any atom is 0.204 e. The van der Waals surface area contributed by atoms with Crippen LogP contribution in [0.3, 0.4) is 0 Å². The van der Waals surface area contributed by atoms with Gasteiger partial charge in [0.05, 0.1) is 41.2 Å². The maximum absolute atomic E-state index is 10.6. The van der Waals surface area contributed by atoms with Crippen LogP contribution in [0, 0.1) is 0 Å². The Hall–Kier alpha value is -3.14. The number of hydrogen-bond donors (Lipinski definition) is 7. The molecule has 13 heteroatoms. The minimum atomic E-state index is -1.74. The Labute approximate surface area is 231 Å². The summed E-state index contributed by atoms with van der Waals surface area (Å²) < 4.78 is 33.9. The zero-order valence-electron chi connectivity index (χ0n) is 22.3. The molecule has 13 nitrogen and oxygen atoms in total. The van der Waals surface area contributed by atoms with Crippen LogP contribution in [0.5, 0.6) is 28.7 Å². The quantitative estimate of drug-likeness (QED) is 0.167. The largest absolute Gasteiger partial charge is 0.504 e. The van der Waals surface area contributed by atoms with Crippen molar-refractivity contribution in [3.8, 4) is 28.7 Å². The lowest BCUT2D eigenvalue weighted by atomic mass is 9.98. The van der Waals surface area contributed by atoms with E-state index in [4.69, 9.17) is 33.5 Å². The van der Waals surface area contributed by atoms with Crippen molar-refractivity contribution in [3.05, 3.63) is 47.5 Å². The van der Waals surface area contributed by atoms with Gasteiger partial charge < -0.3 is 64.2 Å². The SMILES string of the molecule is COc1cc(C(O[C@@H]2O[C@H](CO)[C@@H](O)[C@H](O)[C@H]2O)C(CO)Oc2c(OC)cc(/C=C/CO)cc2OC)ccc1O. The number of phenols is 1. The van der Waals surface area contributed by atoms with E-state index in [9.17, 15) is 30.6 Å². The lowest BCUT2D eigenvalue weighted by Crippen LogP contribution is -2.59. The number of aromatic hydroxyl groups is 1. The van der Waals surface area contributed by atoms with Gasteiger partial charge in [0.25, 0.3) is 0 Å². The van der Waals surface area contributed by atoms with E-state index in [0.29, 0.717) is 11.1 Å². The number of ether oxygens (including phenoxy) is 6. The third-order valence-corrected chi connectivity index (χ3v) is 6.35. The van der Waals surface area contributed by atoms with Crippen LogP contribution < -0.4 is 18.9 Å². The molecular weight excluding hydrogens is 532 g/mol. The van der Waals surface area contributed by atoms with E-state index in [1.807, 2.05) is 0 Å². The Kier molecular flexibility index (Phi) is 11.4. The summed E-state index contributed by atoms with van der Waals surface area (Å²) in [6.07, 6.45) is -7.19. The van der Waals surface area contributed by atoms with Gasteiger partial charge in [-0.1, -0.05) is 18.2 Å². The molecule has 0 bridgehead atoms. The van der Waals surface area contributed by atoms with Crippen molar-refractivity contribution < 1.29 is 64.2 Å². The predicted octanol–water partition coefficient (Wildman–Crippen LogP) is -0.279. The summed E-state index contributed by atoms with van der Waals surface area (Å²) in [6.45, 7) is -1.50. The monoisotopic (exact) mass is 568 g/mol. The van der Waals surface area contributed by atoms with Gasteiger partial charge in [-0.25, -0.2) is 0 Å². The van der Waals surface area contributed by atoms with Crippen LogP contribution in [0.1, 0.15) is 17.2 Å². The van der Waals surface area contributed by atoms with Crippen molar-refractivity contribution in [3.63, 3.8) is 0 Å². The van der Waals surface area contributed by atoms with Gasteiger partial charge in [-0.3, -0.25) is 0 Å². The second-order valence-electron chi connectivity index (χ2n) is 8.86. The number of benzene rings is 2. The van der Waals surface area contributed by atoms with Crippen LogP contribution in [0.2, 0.25) is 0 Å². The number of methoxy groups -OCH3 is 3. The molecule has 1 aliphatic rings. The molecule has 1 aliphatic heterocycles. The van der Waals surface area contributed by atoms with Gasteiger partial charge in [-0.15, -0.1) is 0 Å². The Morgan fingerprint density at radius 2 is 1.52 bits per heavy atom. The topological polar surface area (TPSA) is 197 Å². The Morgan fingerprint density at radius 1 is 0.875 bits per heavy atom. The Morgan fingerprint density at radius 3 is 2.08 bits per heavy atom. The van der Waals surface area contributed by atoms with Gasteiger partial charge in [0.15, 0.2) is 35.4 Å². The highest BCUT2D eigenvalue weighted by Crippen LogP contribution is 2.42. The van der Waals surface area contributed by atoms with E-state index in [1.54, 1.807) is 18.2 Å². The van der Waals surface area contributed by atoms with E-state index in [-0.39, 0.29) is 35.4 Å². The van der Waals surface area contributed by atoms with E-state index in [0.717, 1.165) is 0 Å². The molecule has 1 saturated heterocycles. The molecule has 40 heavy (non-hydrogen) atoms. The minimum Gasteiger partial charge on any atom is -0.504 e. The third kappa shape index (κ3) is 6.95. The molecular formula is C27H36O13. The first-order valence-electron chi connectivity index (χ1n) is 12.4. The maximum atomic E-state index is 10.6. The number of aliphatic hydroxyl groups is 6. The number of phenolic OH excluding ortho intramolecular Hbond substituents is 1. The molecule has 0 aliphatic carbocycles. The summed E-state index contributed by atoms with van der Waals surface area (Å²) in [5, 5.41) is 70.3. The molecule has 7 atom stereocenters. The van der Waals surface area contributed by atoms with Crippen LogP contribution in [0.4, 0.5) is 0 Å². The van der Waals surface area contributed by atoms with Crippen molar-refractivity contribution in [2.24, 2.45) is 0 Å². The molecule has 3 rings (SSSR count). The summed E-state index contributed by atoms with van der Waals surface area (Å²) in [4.78, 5) is 0. The van der Waals surface area contributed by atoms with E-state index in [1.165, 1.54) is 45.6 Å². The summed E-state index contributed by atoms with van der Waals surface area (Å²) in [5.74, 6) is 0.454. The molecule has 222 valence electrons. The molecule has 2 aromatic rings. The standard InChI is InChI=1S/C27H36O13/c1-35-17-11-15(6-7-16(17)31)25(40-27-24(34)23(33)22(32)20(12-29)39-27)21(13-30)38-26-18(36-2)9-14(5-4-8-28)10-19(26)37-3/h4-7,9-11,20-25,27-34H,8,12-13H2,1-3H3/b5-4+/t20-,21?,22-,23+,24-,25?,27+/m1/s1. The number of hydrogen-bond acceptors (Lipinski definition) is 13. The summed E-state index contributed by atoms with van der Waals surface area (Å²) >= 11 is 0. The normalized spacial score (nSPS) is 24.5. The van der Waals surface area contributed by atoms with Crippen LogP contribution in [0.15, 0.2) is 36.4 Å². The molecule has 0 radical (unpaired) electrons. The van der Waals surface area contributed by atoms with Gasteiger partial charge in [-0.05, 0) is 35.4 Å². The molecule has 1 fully saturated rings. The molecule has 0 saturated carbocycles. The zero-order chi connectivity index (χ0) is 29.4. The van der Waals surface area contributed by atoms with Crippen molar-refractivity contribution in [2.45, 2.75) is 42.9 Å². The zero-order valence-corrected chi connectivity index (χ0v) is 22.3. The highest BCUT2D eigenvalue weighted by Gasteiger charge is 2.46. The van der Waals surface area contributed by atoms with Gasteiger partial charge in [0.2, 0.25) is 5.75 Å². The van der Waals surface area contributed by atoms with Crippen LogP contribution >= 0.6 is 0 Å². The Balaban J connectivity index is 2.06. The molecule has 0 spiro atoms. The highest BCUT2D eigenvalue weighted by atomic mass is 16.7. The average molecular weight is 569 g/mol. The van der Waals surface area contributed by atoms with Crippen molar-refractivity contribution >= 4 is 6.08 Å². The summed E-state index contributed by atoms with van der Waals surface area (Å²) in [7, 11) is 4.15. The third-order valence-electron chi connectivity index (χ3n) is 6.35. The van der Waals surface area contributed by atoms with Crippen LogP contribution in [-0.4, -0.2) is 114 Å². The first-order chi connectivity index (χ1) is 19.2. The molecule has 2 unspecified atom stereocenters. The highest BCUT2D eigenvalue weighted by molar-refractivity contribution is 5.62. The molecule has 1 heterocycles. The van der Waals surface area contributed by atoms with Gasteiger partial charge in [-0.2, -0.15) is 0 Å². The number of aliphatic hydroxyl groups excluding tert-OH is 6. The molecule has 0 aromatic heterocycles. The van der Waals surface area contributed by atoms with Crippen LogP contribution in [0.25, 0.3) is 6.08 Å². The van der Waals surface area contributed by atoms with Crippen molar-refractivity contribution in [2.75, 3.05) is 41.2 Å². The first kappa shape index (κ1) is 31.4. The molecule has 7 N–H and O–H groups in total. The summed E-state index contributed by atoms with van der Waals surface area (Å²) in [5.41, 5.74) is 0.944. The smallest absolute Gasteiger partial charge is 0.204 e. The van der Waals surface area contributed by atoms with Crippen LogP contribution in [-0.2, 0) is 9.47 Å². The fourth-order valence-electron chi connectivity index (χ4n) is 4.22. The Bertz CT molecular complexity index is 1100. The van der Waals surface area contributed by atoms with Gasteiger partial charge in [0, 0.05) is 0 Å². The first-order valence-corrected chi connectivity index (χ1v) is 12.4. The van der Waals surface area contributed by atoms with Gasteiger partial charge >= 0.3 is 0 Å². The molecule has 2 aromatic carbocycles. The molecule has 0 amide bonds. The van der Waals surface area contributed by atoms with E-state index in [2.05, 4.69) is 0 Å². The average Bonchev–Trinajstić information content (AvgIpc) is 2.97. The minimum absolute atomic E-state index is 0.0757.